The van der Waals surface area contributed by atoms with Gasteiger partial charge >= 0.3 is 6.36 Å². The lowest BCUT2D eigenvalue weighted by molar-refractivity contribution is -0.275. The van der Waals surface area contributed by atoms with Crippen molar-refractivity contribution in [1.82, 2.24) is 5.32 Å². The molecule has 6 heteroatoms. The Kier molecular flexibility index (Phi) is 3.42. The number of benzene rings is 1. The third kappa shape index (κ3) is 3.52. The van der Waals surface area contributed by atoms with E-state index in [0.29, 0.717) is 6.54 Å². The first-order valence-electron chi connectivity index (χ1n) is 5.27. The molecule has 1 heterocycles. The predicted octanol–water partition coefficient (Wildman–Crippen LogP) is 2.33. The molecule has 1 aliphatic rings. The number of halogens is 3. The molecule has 1 unspecified atom stereocenters. The number of nitrogens with one attached hydrogen (secondary N) is 1. The first kappa shape index (κ1) is 12.0. The molecule has 17 heavy (non-hydrogen) atoms. The third-order valence-electron chi connectivity index (χ3n) is 2.38. The van der Waals surface area contributed by atoms with E-state index in [0.717, 1.165) is 13.0 Å². The average molecular weight is 247 g/mol. The Morgan fingerprint density at radius 2 is 1.88 bits per heavy atom. The number of ether oxygens (including phenoxy) is 2. The minimum atomic E-state index is -4.70. The second kappa shape index (κ2) is 4.83. The van der Waals surface area contributed by atoms with Gasteiger partial charge in [-0.3, -0.25) is 0 Å². The second-order valence-electron chi connectivity index (χ2n) is 3.73. The summed E-state index contributed by atoms with van der Waals surface area (Å²) >= 11 is 0. The predicted molar refractivity (Wildman–Crippen MR) is 55.0 cm³/mol. The monoisotopic (exact) mass is 247 g/mol. The van der Waals surface area contributed by atoms with Crippen molar-refractivity contribution in [2.75, 3.05) is 13.1 Å². The van der Waals surface area contributed by atoms with Crippen LogP contribution in [-0.2, 0) is 0 Å². The third-order valence-corrected chi connectivity index (χ3v) is 2.38. The largest absolute Gasteiger partial charge is 0.573 e. The first-order chi connectivity index (χ1) is 8.04. The van der Waals surface area contributed by atoms with Gasteiger partial charge in [-0.15, -0.1) is 13.2 Å². The highest BCUT2D eigenvalue weighted by Gasteiger charge is 2.32. The molecular weight excluding hydrogens is 235 g/mol. The number of alkyl halides is 3. The van der Waals surface area contributed by atoms with Gasteiger partial charge in [-0.1, -0.05) is 12.1 Å². The van der Waals surface area contributed by atoms with Crippen molar-refractivity contribution in [2.45, 2.75) is 18.9 Å². The van der Waals surface area contributed by atoms with E-state index >= 15 is 0 Å². The van der Waals surface area contributed by atoms with Gasteiger partial charge in [-0.25, -0.2) is 0 Å². The number of rotatable bonds is 3. The van der Waals surface area contributed by atoms with Gasteiger partial charge in [0, 0.05) is 6.54 Å². The summed E-state index contributed by atoms with van der Waals surface area (Å²) < 4.78 is 45.8. The van der Waals surface area contributed by atoms with Crippen molar-refractivity contribution in [2.24, 2.45) is 0 Å². The molecule has 3 nitrogen and oxygen atoms in total. The minimum Gasteiger partial charge on any atom is -0.485 e. The Morgan fingerprint density at radius 3 is 2.47 bits per heavy atom. The van der Waals surface area contributed by atoms with Crippen molar-refractivity contribution in [3.05, 3.63) is 24.3 Å². The molecule has 0 bridgehead atoms. The zero-order valence-corrected chi connectivity index (χ0v) is 8.96. The Hall–Kier alpha value is -1.43. The Balaban J connectivity index is 2.09. The quantitative estimate of drug-likeness (QED) is 0.889. The smallest absolute Gasteiger partial charge is 0.485 e. The molecule has 2 rings (SSSR count). The second-order valence-corrected chi connectivity index (χ2v) is 3.73. The van der Waals surface area contributed by atoms with E-state index in [1.807, 2.05) is 0 Å². The van der Waals surface area contributed by atoms with Crippen LogP contribution < -0.4 is 14.8 Å². The van der Waals surface area contributed by atoms with Crippen molar-refractivity contribution < 1.29 is 22.6 Å². The summed E-state index contributed by atoms with van der Waals surface area (Å²) in [5, 5.41) is 3.07. The van der Waals surface area contributed by atoms with Crippen LogP contribution in [0.2, 0.25) is 0 Å². The minimum absolute atomic E-state index is 0.104. The Bertz CT molecular complexity index is 375. The Morgan fingerprint density at radius 1 is 1.18 bits per heavy atom. The zero-order chi connectivity index (χ0) is 12.3. The van der Waals surface area contributed by atoms with Gasteiger partial charge in [0.2, 0.25) is 0 Å². The van der Waals surface area contributed by atoms with Crippen LogP contribution in [0.15, 0.2) is 24.3 Å². The number of hydrogen-bond acceptors (Lipinski definition) is 3. The molecule has 0 amide bonds. The molecule has 1 atom stereocenters. The van der Waals surface area contributed by atoms with E-state index in [1.54, 1.807) is 6.07 Å². The molecule has 1 N–H and O–H groups in total. The summed E-state index contributed by atoms with van der Waals surface area (Å²) in [7, 11) is 0. The maximum Gasteiger partial charge on any atom is 0.573 e. The van der Waals surface area contributed by atoms with Crippen LogP contribution in [0.5, 0.6) is 11.5 Å². The molecule has 0 radical (unpaired) electrons. The summed E-state index contributed by atoms with van der Waals surface area (Å²) in [4.78, 5) is 0. The van der Waals surface area contributed by atoms with Crippen LogP contribution in [0.25, 0.3) is 0 Å². The maximum absolute atomic E-state index is 12.1. The van der Waals surface area contributed by atoms with Gasteiger partial charge in [-0.2, -0.15) is 0 Å². The zero-order valence-electron chi connectivity index (χ0n) is 8.96. The van der Waals surface area contributed by atoms with E-state index in [4.69, 9.17) is 4.74 Å². The molecule has 1 fully saturated rings. The van der Waals surface area contributed by atoms with E-state index in [1.165, 1.54) is 18.2 Å². The molecule has 1 aromatic carbocycles. The van der Waals surface area contributed by atoms with Gasteiger partial charge in [0.25, 0.3) is 0 Å². The molecule has 1 aromatic rings. The van der Waals surface area contributed by atoms with Crippen LogP contribution in [0.3, 0.4) is 0 Å². The van der Waals surface area contributed by atoms with E-state index in [9.17, 15) is 13.2 Å². The molecule has 1 saturated heterocycles. The average Bonchev–Trinajstić information content (AvgIpc) is 2.71. The molecule has 0 saturated carbocycles. The van der Waals surface area contributed by atoms with Crippen LogP contribution >= 0.6 is 0 Å². The fourth-order valence-corrected chi connectivity index (χ4v) is 1.66. The first-order valence-corrected chi connectivity index (χ1v) is 5.27. The van der Waals surface area contributed by atoms with Gasteiger partial charge in [0.1, 0.15) is 6.10 Å². The molecule has 0 spiro atoms. The van der Waals surface area contributed by atoms with Crippen LogP contribution in [-0.4, -0.2) is 25.6 Å². The highest BCUT2D eigenvalue weighted by molar-refractivity contribution is 5.39. The fourth-order valence-electron chi connectivity index (χ4n) is 1.66. The van der Waals surface area contributed by atoms with Crippen molar-refractivity contribution in [3.8, 4) is 11.5 Å². The van der Waals surface area contributed by atoms with Crippen LogP contribution in [0, 0.1) is 0 Å². The lowest BCUT2D eigenvalue weighted by Crippen LogP contribution is -2.21. The van der Waals surface area contributed by atoms with Crippen LogP contribution in [0.4, 0.5) is 13.2 Å². The van der Waals surface area contributed by atoms with Gasteiger partial charge in [0.05, 0.1) is 0 Å². The van der Waals surface area contributed by atoms with E-state index in [2.05, 4.69) is 10.1 Å². The fraction of sp³-hybridized carbons (Fsp3) is 0.455. The summed E-state index contributed by atoms with van der Waals surface area (Å²) in [6.07, 6.45) is -4.03. The topological polar surface area (TPSA) is 30.5 Å². The summed E-state index contributed by atoms with van der Waals surface area (Å²) in [6.45, 7) is 1.45. The summed E-state index contributed by atoms with van der Waals surface area (Å²) in [5.41, 5.74) is 0. The molecule has 1 aliphatic heterocycles. The van der Waals surface area contributed by atoms with E-state index in [-0.39, 0.29) is 17.6 Å². The molecular formula is C11H12F3NO2. The number of para-hydroxylation sites is 2. The molecule has 94 valence electrons. The highest BCUT2D eigenvalue weighted by atomic mass is 19.4. The van der Waals surface area contributed by atoms with Gasteiger partial charge in [0.15, 0.2) is 11.5 Å². The van der Waals surface area contributed by atoms with Crippen LogP contribution in [0.1, 0.15) is 6.42 Å². The summed E-state index contributed by atoms with van der Waals surface area (Å²) in [5.74, 6) is -0.176. The standard InChI is InChI=1S/C11H12F3NO2/c12-11(13,14)17-10-4-2-1-3-9(10)16-8-5-6-15-7-8/h1-4,8,15H,5-7H2. The summed E-state index contributed by atoms with van der Waals surface area (Å²) in [6, 6.07) is 5.80. The Labute approximate surface area is 96.5 Å². The SMILES string of the molecule is FC(F)(F)Oc1ccccc1OC1CCNC1. The van der Waals surface area contributed by atoms with Gasteiger partial charge < -0.3 is 14.8 Å². The highest BCUT2D eigenvalue weighted by Crippen LogP contribution is 2.32. The lowest BCUT2D eigenvalue weighted by atomic mass is 10.3. The van der Waals surface area contributed by atoms with Crippen molar-refractivity contribution in [1.29, 1.82) is 0 Å². The van der Waals surface area contributed by atoms with Crippen molar-refractivity contribution >= 4 is 0 Å². The van der Waals surface area contributed by atoms with Gasteiger partial charge in [-0.05, 0) is 25.1 Å². The van der Waals surface area contributed by atoms with Crippen molar-refractivity contribution in [3.63, 3.8) is 0 Å². The lowest BCUT2D eigenvalue weighted by Gasteiger charge is -2.17. The maximum atomic E-state index is 12.1. The van der Waals surface area contributed by atoms with E-state index < -0.39 is 6.36 Å². The molecule has 0 aromatic heterocycles. The molecule has 0 aliphatic carbocycles. The normalized spacial score (nSPS) is 20.3. The number of hydrogen-bond donors (Lipinski definition) is 1.